The van der Waals surface area contributed by atoms with Gasteiger partial charge < -0.3 is 15.5 Å². The van der Waals surface area contributed by atoms with Crippen LogP contribution in [0.4, 0.5) is 0 Å². The Labute approximate surface area is 142 Å². The van der Waals surface area contributed by atoms with Crippen molar-refractivity contribution >= 4 is 44.8 Å². The number of hydrogen-bond donors (Lipinski definition) is 2. The van der Waals surface area contributed by atoms with Crippen LogP contribution in [0.25, 0.3) is 0 Å². The highest BCUT2D eigenvalue weighted by molar-refractivity contribution is 9.11. The Hall–Kier alpha value is -1.41. The van der Waals surface area contributed by atoms with E-state index in [1.54, 1.807) is 0 Å². The van der Waals surface area contributed by atoms with Crippen LogP contribution in [0.15, 0.2) is 21.1 Å². The van der Waals surface area contributed by atoms with E-state index < -0.39 is 0 Å². The van der Waals surface area contributed by atoms with E-state index in [1.165, 1.54) is 11.3 Å². The van der Waals surface area contributed by atoms with Crippen molar-refractivity contribution in [3.05, 3.63) is 20.8 Å². The van der Waals surface area contributed by atoms with Crippen LogP contribution in [0, 0.1) is 0 Å². The third kappa shape index (κ3) is 7.56. The second-order valence-electron chi connectivity index (χ2n) is 4.88. The zero-order chi connectivity index (χ0) is 16.5. The zero-order valence-corrected chi connectivity index (χ0v) is 15.2. The highest BCUT2D eigenvalue weighted by Gasteiger charge is 2.06. The SMILES string of the molecule is CC(=NOCC(=O)NCCC(=O)NC(C)C)c1ccc(Br)s1. The maximum absolute atomic E-state index is 11.5. The first-order valence-electron chi connectivity index (χ1n) is 6.87. The van der Waals surface area contributed by atoms with E-state index in [0.29, 0.717) is 5.71 Å². The van der Waals surface area contributed by atoms with Crippen molar-refractivity contribution in [2.75, 3.05) is 13.2 Å². The molecular formula is C14H20BrN3O3S. The Morgan fingerprint density at radius 3 is 2.68 bits per heavy atom. The number of carbonyl (C=O) groups excluding carboxylic acids is 2. The summed E-state index contributed by atoms with van der Waals surface area (Å²) in [5, 5.41) is 9.25. The van der Waals surface area contributed by atoms with Gasteiger partial charge in [0.2, 0.25) is 5.91 Å². The van der Waals surface area contributed by atoms with Crippen molar-refractivity contribution in [2.45, 2.75) is 33.2 Å². The number of halogens is 1. The molecule has 8 heteroatoms. The fraction of sp³-hybridized carbons (Fsp3) is 0.500. The van der Waals surface area contributed by atoms with Crippen LogP contribution >= 0.6 is 27.3 Å². The molecule has 0 spiro atoms. The topological polar surface area (TPSA) is 79.8 Å². The van der Waals surface area contributed by atoms with Crippen LogP contribution in [0.3, 0.4) is 0 Å². The number of carbonyl (C=O) groups is 2. The van der Waals surface area contributed by atoms with Crippen LogP contribution in [-0.2, 0) is 14.4 Å². The van der Waals surface area contributed by atoms with Crippen LogP contribution in [0.1, 0.15) is 32.1 Å². The first-order chi connectivity index (χ1) is 10.4. The van der Waals surface area contributed by atoms with Gasteiger partial charge in [0, 0.05) is 19.0 Å². The molecule has 2 N–H and O–H groups in total. The van der Waals surface area contributed by atoms with Gasteiger partial charge in [0.15, 0.2) is 6.61 Å². The van der Waals surface area contributed by atoms with Gasteiger partial charge in [-0.1, -0.05) is 5.16 Å². The molecule has 0 unspecified atom stereocenters. The third-order valence-electron chi connectivity index (χ3n) is 2.45. The number of rotatable bonds is 8. The third-order valence-corrected chi connectivity index (χ3v) is 4.18. The van der Waals surface area contributed by atoms with Crippen molar-refractivity contribution in [1.29, 1.82) is 0 Å². The largest absolute Gasteiger partial charge is 0.385 e. The molecule has 6 nitrogen and oxygen atoms in total. The Bertz CT molecular complexity index is 543. The summed E-state index contributed by atoms with van der Waals surface area (Å²) < 4.78 is 1.01. The standard InChI is InChI=1S/C14H20BrN3O3S/c1-9(2)17-13(19)6-7-16-14(20)8-21-18-10(3)11-4-5-12(15)22-11/h4-5,9H,6-8H2,1-3H3,(H,16,20)(H,17,19). The van der Waals surface area contributed by atoms with Gasteiger partial charge >= 0.3 is 0 Å². The Morgan fingerprint density at radius 1 is 1.36 bits per heavy atom. The highest BCUT2D eigenvalue weighted by atomic mass is 79.9. The summed E-state index contributed by atoms with van der Waals surface area (Å²) in [6.45, 7) is 5.69. The van der Waals surface area contributed by atoms with Crippen LogP contribution in [-0.4, -0.2) is 36.7 Å². The van der Waals surface area contributed by atoms with E-state index in [1.807, 2.05) is 32.9 Å². The fourth-order valence-corrected chi connectivity index (χ4v) is 2.82. The molecule has 0 bridgehead atoms. The lowest BCUT2D eigenvalue weighted by molar-refractivity contribution is -0.126. The molecule has 1 heterocycles. The Balaban J connectivity index is 2.22. The van der Waals surface area contributed by atoms with Gasteiger partial charge in [-0.25, -0.2) is 0 Å². The number of hydrogen-bond acceptors (Lipinski definition) is 5. The quantitative estimate of drug-likeness (QED) is 0.528. The molecular weight excluding hydrogens is 370 g/mol. The molecule has 0 atom stereocenters. The van der Waals surface area contributed by atoms with E-state index in [2.05, 4.69) is 31.7 Å². The summed E-state index contributed by atoms with van der Waals surface area (Å²) in [6, 6.07) is 3.94. The van der Waals surface area contributed by atoms with E-state index in [4.69, 9.17) is 4.84 Å². The molecule has 0 aliphatic heterocycles. The predicted molar refractivity (Wildman–Crippen MR) is 91.1 cm³/mol. The minimum atomic E-state index is -0.304. The van der Waals surface area contributed by atoms with Crippen LogP contribution < -0.4 is 10.6 Å². The van der Waals surface area contributed by atoms with Gasteiger partial charge in [-0.15, -0.1) is 11.3 Å². The summed E-state index contributed by atoms with van der Waals surface area (Å²) in [7, 11) is 0. The first kappa shape index (κ1) is 18.6. The van der Waals surface area contributed by atoms with Crippen molar-refractivity contribution < 1.29 is 14.4 Å². The van der Waals surface area contributed by atoms with E-state index in [9.17, 15) is 9.59 Å². The van der Waals surface area contributed by atoms with Gasteiger partial charge in [-0.05, 0) is 48.8 Å². The minimum Gasteiger partial charge on any atom is -0.385 e. The smallest absolute Gasteiger partial charge is 0.260 e. The average molecular weight is 390 g/mol. The lowest BCUT2D eigenvalue weighted by Crippen LogP contribution is -2.35. The highest BCUT2D eigenvalue weighted by Crippen LogP contribution is 2.22. The van der Waals surface area contributed by atoms with Gasteiger partial charge in [0.25, 0.3) is 5.91 Å². The average Bonchev–Trinajstić information content (AvgIpc) is 2.84. The molecule has 1 aromatic heterocycles. The Kier molecular flexibility index (Phi) is 8.11. The molecule has 122 valence electrons. The monoisotopic (exact) mass is 389 g/mol. The number of nitrogens with zero attached hydrogens (tertiary/aromatic N) is 1. The number of nitrogens with one attached hydrogen (secondary N) is 2. The molecule has 0 radical (unpaired) electrons. The van der Waals surface area contributed by atoms with Crippen LogP contribution in [0.5, 0.6) is 0 Å². The minimum absolute atomic E-state index is 0.0895. The number of thiophene rings is 1. The molecule has 1 rings (SSSR count). The zero-order valence-electron chi connectivity index (χ0n) is 12.8. The van der Waals surface area contributed by atoms with E-state index in [0.717, 1.165) is 8.66 Å². The summed E-state index contributed by atoms with van der Waals surface area (Å²) in [4.78, 5) is 28.9. The van der Waals surface area contributed by atoms with Crippen molar-refractivity contribution in [3.8, 4) is 0 Å². The van der Waals surface area contributed by atoms with Crippen molar-refractivity contribution in [1.82, 2.24) is 10.6 Å². The van der Waals surface area contributed by atoms with Crippen molar-refractivity contribution in [2.24, 2.45) is 5.16 Å². The molecule has 0 saturated heterocycles. The summed E-state index contributed by atoms with van der Waals surface area (Å²) >= 11 is 4.91. The molecule has 22 heavy (non-hydrogen) atoms. The number of oxime groups is 1. The molecule has 0 aliphatic carbocycles. The first-order valence-corrected chi connectivity index (χ1v) is 8.47. The summed E-state index contributed by atoms with van der Waals surface area (Å²) in [5.41, 5.74) is 0.708. The van der Waals surface area contributed by atoms with Gasteiger partial charge in [-0.2, -0.15) is 0 Å². The van der Waals surface area contributed by atoms with Gasteiger partial charge in [0.05, 0.1) is 14.4 Å². The van der Waals surface area contributed by atoms with Crippen molar-refractivity contribution in [3.63, 3.8) is 0 Å². The Morgan fingerprint density at radius 2 is 2.09 bits per heavy atom. The maximum atomic E-state index is 11.5. The second kappa shape index (κ2) is 9.58. The lowest BCUT2D eigenvalue weighted by Gasteiger charge is -2.08. The van der Waals surface area contributed by atoms with Gasteiger partial charge in [-0.3, -0.25) is 9.59 Å². The van der Waals surface area contributed by atoms with E-state index in [-0.39, 0.29) is 37.4 Å². The molecule has 0 aliphatic rings. The van der Waals surface area contributed by atoms with Gasteiger partial charge in [0.1, 0.15) is 0 Å². The lowest BCUT2D eigenvalue weighted by atomic mass is 10.3. The maximum Gasteiger partial charge on any atom is 0.260 e. The molecule has 0 saturated carbocycles. The second-order valence-corrected chi connectivity index (χ2v) is 7.34. The fourth-order valence-electron chi connectivity index (χ4n) is 1.50. The molecule has 1 aromatic rings. The van der Waals surface area contributed by atoms with Crippen LogP contribution in [0.2, 0.25) is 0 Å². The van der Waals surface area contributed by atoms with E-state index >= 15 is 0 Å². The normalized spacial score (nSPS) is 11.4. The molecule has 0 fully saturated rings. The summed E-state index contributed by atoms with van der Waals surface area (Å²) in [5.74, 6) is -0.394. The summed E-state index contributed by atoms with van der Waals surface area (Å²) in [6.07, 6.45) is 0.245. The number of amides is 2. The molecule has 2 amide bonds. The molecule has 0 aromatic carbocycles. The predicted octanol–water partition coefficient (Wildman–Crippen LogP) is 2.28.